The standard InChI is InChI=1S/C36H63N2O6P/c1-6-8-10-12-13-14-15-16-17-18-19-20-21-22-23-24-25-26-28-30-36(40)37-34(35(39)29-27-11-9-7-2)33-44-45(41,42)43-32-31-38(3,4)5/h8,10,13-14,16-17,19-20,22-23,27,29,34-35,39H,6-7,9,11-12,15,18,21,24-26,28,30-33H2,1-5H3,(H-,37,40,41,42)/p+1/b10-8-,14-13-,17-16-,20-19-,23-22-,29-27+. The molecular formula is C36H64N2O6P+. The van der Waals surface area contributed by atoms with Gasteiger partial charge in [0.05, 0.1) is 39.9 Å². The maximum absolute atomic E-state index is 12.6. The van der Waals surface area contributed by atoms with E-state index < -0.39 is 20.0 Å². The molecule has 8 nitrogen and oxygen atoms in total. The second kappa shape index (κ2) is 28.2. The molecule has 3 unspecified atom stereocenters. The highest BCUT2D eigenvalue weighted by Crippen LogP contribution is 2.43. The van der Waals surface area contributed by atoms with Crippen molar-refractivity contribution in [2.24, 2.45) is 0 Å². The minimum absolute atomic E-state index is 0.0490. The molecule has 0 aliphatic heterocycles. The zero-order valence-electron chi connectivity index (χ0n) is 28.8. The van der Waals surface area contributed by atoms with Crippen molar-refractivity contribution >= 4 is 13.7 Å². The number of hydrogen-bond donors (Lipinski definition) is 3. The van der Waals surface area contributed by atoms with E-state index in [9.17, 15) is 19.4 Å². The molecule has 0 heterocycles. The highest BCUT2D eigenvalue weighted by Gasteiger charge is 2.27. The number of likely N-dealkylation sites (N-methyl/N-ethyl adjacent to an activating group) is 1. The lowest BCUT2D eigenvalue weighted by Crippen LogP contribution is -2.45. The van der Waals surface area contributed by atoms with E-state index in [1.165, 1.54) is 0 Å². The predicted molar refractivity (Wildman–Crippen MR) is 189 cm³/mol. The fourth-order valence-corrected chi connectivity index (χ4v) is 4.67. The maximum Gasteiger partial charge on any atom is 0.472 e. The molecule has 0 saturated carbocycles. The zero-order chi connectivity index (χ0) is 33.7. The normalized spacial score (nSPS) is 15.8. The monoisotopic (exact) mass is 651 g/mol. The first-order valence-corrected chi connectivity index (χ1v) is 18.3. The van der Waals surface area contributed by atoms with Crippen molar-refractivity contribution in [2.75, 3.05) is 40.9 Å². The first kappa shape index (κ1) is 42.9. The Bertz CT molecular complexity index is 965. The number of aliphatic hydroxyl groups is 1. The summed E-state index contributed by atoms with van der Waals surface area (Å²) >= 11 is 0. The molecule has 0 aliphatic rings. The minimum atomic E-state index is -4.32. The van der Waals surface area contributed by atoms with Gasteiger partial charge in [-0.3, -0.25) is 13.8 Å². The Labute approximate surface area is 274 Å². The average Bonchev–Trinajstić information content (AvgIpc) is 2.97. The van der Waals surface area contributed by atoms with Gasteiger partial charge in [0.2, 0.25) is 5.91 Å². The fraction of sp³-hybridized carbons (Fsp3) is 0.639. The molecule has 1 amide bonds. The number of allylic oxidation sites excluding steroid dienone is 11. The number of phosphoric acid groups is 1. The molecule has 0 fully saturated rings. The van der Waals surface area contributed by atoms with Crippen LogP contribution in [-0.2, 0) is 18.4 Å². The van der Waals surface area contributed by atoms with Gasteiger partial charge in [-0.05, 0) is 57.8 Å². The van der Waals surface area contributed by atoms with Crippen LogP contribution in [0, 0.1) is 0 Å². The van der Waals surface area contributed by atoms with Crippen molar-refractivity contribution in [1.29, 1.82) is 0 Å². The number of nitrogens with zero attached hydrogens (tertiary/aromatic N) is 1. The number of unbranched alkanes of at least 4 members (excludes halogenated alkanes) is 5. The van der Waals surface area contributed by atoms with Crippen LogP contribution in [0.1, 0.15) is 97.3 Å². The highest BCUT2D eigenvalue weighted by atomic mass is 31.2. The molecule has 0 rings (SSSR count). The number of nitrogens with one attached hydrogen (secondary N) is 1. The van der Waals surface area contributed by atoms with Crippen molar-refractivity contribution in [1.82, 2.24) is 5.32 Å². The minimum Gasteiger partial charge on any atom is -0.387 e. The molecule has 0 aromatic rings. The number of phosphoric ester groups is 1. The molecule has 258 valence electrons. The van der Waals surface area contributed by atoms with Crippen molar-refractivity contribution < 1.29 is 32.9 Å². The van der Waals surface area contributed by atoms with E-state index in [4.69, 9.17) is 9.05 Å². The number of aliphatic hydroxyl groups excluding tert-OH is 1. The van der Waals surface area contributed by atoms with Crippen molar-refractivity contribution in [3.63, 3.8) is 0 Å². The molecule has 3 atom stereocenters. The molecule has 45 heavy (non-hydrogen) atoms. The van der Waals surface area contributed by atoms with Gasteiger partial charge in [-0.15, -0.1) is 0 Å². The summed E-state index contributed by atoms with van der Waals surface area (Å²) in [5, 5.41) is 13.4. The SMILES string of the molecule is CC/C=C\C/C=C\C/C=C\C/C=C\C/C=C\CCCCCC(=O)NC(COP(=O)(O)OCC[N+](C)(C)C)C(O)/C=C/CCCC. The fourth-order valence-electron chi connectivity index (χ4n) is 3.93. The molecular weight excluding hydrogens is 587 g/mol. The Morgan fingerprint density at radius 1 is 0.778 bits per heavy atom. The maximum atomic E-state index is 12.6. The highest BCUT2D eigenvalue weighted by molar-refractivity contribution is 7.47. The van der Waals surface area contributed by atoms with Crippen LogP contribution in [-0.4, -0.2) is 73.4 Å². The van der Waals surface area contributed by atoms with Crippen LogP contribution < -0.4 is 5.32 Å². The Morgan fingerprint density at radius 3 is 1.89 bits per heavy atom. The summed E-state index contributed by atoms with van der Waals surface area (Å²) in [5.41, 5.74) is 0. The summed E-state index contributed by atoms with van der Waals surface area (Å²) in [5.74, 6) is -0.224. The predicted octanol–water partition coefficient (Wildman–Crippen LogP) is 8.12. The van der Waals surface area contributed by atoms with Crippen LogP contribution in [0.5, 0.6) is 0 Å². The molecule has 0 bridgehead atoms. The molecule has 0 aliphatic carbocycles. The number of quaternary nitrogens is 1. The number of amides is 1. The van der Waals surface area contributed by atoms with Crippen molar-refractivity contribution in [3.8, 4) is 0 Å². The van der Waals surface area contributed by atoms with Gasteiger partial charge in [-0.25, -0.2) is 4.57 Å². The molecule has 0 aromatic heterocycles. The molecule has 0 saturated heterocycles. The summed E-state index contributed by atoms with van der Waals surface area (Å²) in [4.78, 5) is 22.7. The second-order valence-electron chi connectivity index (χ2n) is 12.2. The van der Waals surface area contributed by atoms with Gasteiger partial charge in [0.25, 0.3) is 0 Å². The average molecular weight is 652 g/mol. The topological polar surface area (TPSA) is 105 Å². The third-order valence-corrected chi connectivity index (χ3v) is 7.67. The van der Waals surface area contributed by atoms with E-state index in [2.05, 4.69) is 79.9 Å². The van der Waals surface area contributed by atoms with Gasteiger partial charge >= 0.3 is 7.82 Å². The number of rotatable bonds is 28. The Balaban J connectivity index is 4.38. The summed E-state index contributed by atoms with van der Waals surface area (Å²) in [7, 11) is 1.52. The van der Waals surface area contributed by atoms with E-state index in [1.54, 1.807) is 6.08 Å². The van der Waals surface area contributed by atoms with Gasteiger partial charge in [0, 0.05) is 6.42 Å². The molecule has 0 radical (unpaired) electrons. The molecule has 9 heteroatoms. The quantitative estimate of drug-likeness (QED) is 0.0342. The van der Waals surface area contributed by atoms with E-state index in [0.717, 1.165) is 77.0 Å². The number of carbonyl (C=O) groups excluding carboxylic acids is 1. The molecule has 3 N–H and O–H groups in total. The van der Waals surface area contributed by atoms with E-state index in [-0.39, 0.29) is 19.1 Å². The Hall–Kier alpha value is -2.06. The van der Waals surface area contributed by atoms with Crippen LogP contribution >= 0.6 is 7.82 Å². The van der Waals surface area contributed by atoms with Crippen LogP contribution in [0.3, 0.4) is 0 Å². The number of carbonyl (C=O) groups is 1. The zero-order valence-corrected chi connectivity index (χ0v) is 29.7. The Morgan fingerprint density at radius 2 is 1.33 bits per heavy atom. The van der Waals surface area contributed by atoms with Crippen LogP contribution in [0.25, 0.3) is 0 Å². The van der Waals surface area contributed by atoms with Gasteiger partial charge in [-0.1, -0.05) is 106 Å². The van der Waals surface area contributed by atoms with Gasteiger partial charge in [-0.2, -0.15) is 0 Å². The summed E-state index contributed by atoms with van der Waals surface area (Å²) in [6, 6.07) is -0.862. The molecule has 0 aromatic carbocycles. The molecule has 0 spiro atoms. The third kappa shape index (κ3) is 30.4. The number of hydrogen-bond acceptors (Lipinski definition) is 5. The van der Waals surface area contributed by atoms with Crippen LogP contribution in [0.15, 0.2) is 72.9 Å². The second-order valence-corrected chi connectivity index (χ2v) is 13.6. The summed E-state index contributed by atoms with van der Waals surface area (Å²) < 4.78 is 23.1. The van der Waals surface area contributed by atoms with Crippen molar-refractivity contribution in [2.45, 2.75) is 109 Å². The third-order valence-electron chi connectivity index (χ3n) is 6.68. The van der Waals surface area contributed by atoms with Gasteiger partial charge in [0.15, 0.2) is 0 Å². The van der Waals surface area contributed by atoms with Gasteiger partial charge in [0.1, 0.15) is 13.2 Å². The first-order valence-electron chi connectivity index (χ1n) is 16.8. The van der Waals surface area contributed by atoms with Crippen molar-refractivity contribution in [3.05, 3.63) is 72.9 Å². The first-order chi connectivity index (χ1) is 21.5. The Kier molecular flexibility index (Phi) is 26.9. The largest absolute Gasteiger partial charge is 0.472 e. The van der Waals surface area contributed by atoms with E-state index >= 15 is 0 Å². The van der Waals surface area contributed by atoms with E-state index in [1.807, 2.05) is 27.2 Å². The lowest BCUT2D eigenvalue weighted by molar-refractivity contribution is -0.870. The lowest BCUT2D eigenvalue weighted by atomic mass is 10.1. The summed E-state index contributed by atoms with van der Waals surface area (Å²) in [6.07, 6.45) is 36.0. The van der Waals surface area contributed by atoms with Crippen LogP contribution in [0.4, 0.5) is 0 Å². The van der Waals surface area contributed by atoms with Crippen LogP contribution in [0.2, 0.25) is 0 Å². The van der Waals surface area contributed by atoms with Gasteiger partial charge < -0.3 is 19.8 Å². The van der Waals surface area contributed by atoms with E-state index in [0.29, 0.717) is 17.4 Å². The lowest BCUT2D eigenvalue weighted by Gasteiger charge is -2.25. The smallest absolute Gasteiger partial charge is 0.387 e. The summed E-state index contributed by atoms with van der Waals surface area (Å²) in [6.45, 7) is 4.46.